The van der Waals surface area contributed by atoms with Crippen LogP contribution in [0.1, 0.15) is 33.6 Å². The fourth-order valence-corrected chi connectivity index (χ4v) is 2.02. The summed E-state index contributed by atoms with van der Waals surface area (Å²) >= 11 is 0. The topological polar surface area (TPSA) is 58.4 Å². The highest BCUT2D eigenvalue weighted by Gasteiger charge is 2.26. The first-order valence-corrected chi connectivity index (χ1v) is 6.18. The van der Waals surface area contributed by atoms with Gasteiger partial charge in [0.2, 0.25) is 5.91 Å². The lowest BCUT2D eigenvalue weighted by Gasteiger charge is -2.35. The number of carbonyl (C=O) groups is 1. The van der Waals surface area contributed by atoms with Crippen LogP contribution >= 0.6 is 0 Å². The van der Waals surface area contributed by atoms with Gasteiger partial charge >= 0.3 is 0 Å². The number of carbonyl (C=O) groups excluding carboxylic acids is 1. The lowest BCUT2D eigenvalue weighted by molar-refractivity contribution is -0.124. The van der Waals surface area contributed by atoms with Gasteiger partial charge in [-0.3, -0.25) is 4.79 Å². The summed E-state index contributed by atoms with van der Waals surface area (Å²) in [6.45, 7) is 7.19. The number of hydrogen-bond acceptors (Lipinski definition) is 3. The zero-order chi connectivity index (χ0) is 12.3. The summed E-state index contributed by atoms with van der Waals surface area (Å²) in [5.41, 5.74) is 5.82. The Kier molecular flexibility index (Phi) is 4.74. The van der Waals surface area contributed by atoms with E-state index < -0.39 is 0 Å². The van der Waals surface area contributed by atoms with Gasteiger partial charge in [0.05, 0.1) is 6.04 Å². The molecule has 16 heavy (non-hydrogen) atoms. The van der Waals surface area contributed by atoms with E-state index in [0.717, 1.165) is 19.4 Å². The van der Waals surface area contributed by atoms with Gasteiger partial charge in [0, 0.05) is 18.6 Å². The number of likely N-dealkylation sites (tertiary alicyclic amines) is 1. The number of nitrogens with zero attached hydrogens (tertiary/aromatic N) is 1. The van der Waals surface area contributed by atoms with Crippen LogP contribution in [0, 0.1) is 5.92 Å². The van der Waals surface area contributed by atoms with Crippen LogP contribution in [-0.4, -0.2) is 42.5 Å². The highest BCUT2D eigenvalue weighted by Crippen LogP contribution is 2.15. The van der Waals surface area contributed by atoms with Crippen LogP contribution in [-0.2, 0) is 4.79 Å². The van der Waals surface area contributed by atoms with Crippen molar-refractivity contribution < 1.29 is 4.79 Å². The van der Waals surface area contributed by atoms with Gasteiger partial charge in [0.15, 0.2) is 0 Å². The number of amides is 1. The van der Waals surface area contributed by atoms with E-state index in [-0.39, 0.29) is 17.9 Å². The molecule has 0 aliphatic carbocycles. The molecule has 1 heterocycles. The maximum absolute atomic E-state index is 11.8. The van der Waals surface area contributed by atoms with E-state index in [1.165, 1.54) is 0 Å². The molecule has 4 nitrogen and oxygen atoms in total. The first-order chi connectivity index (χ1) is 7.41. The molecule has 0 saturated carbocycles. The van der Waals surface area contributed by atoms with Crippen LogP contribution in [0.5, 0.6) is 0 Å². The molecule has 1 saturated heterocycles. The Morgan fingerprint density at radius 1 is 1.50 bits per heavy atom. The van der Waals surface area contributed by atoms with E-state index in [9.17, 15) is 4.79 Å². The van der Waals surface area contributed by atoms with Crippen molar-refractivity contribution in [2.45, 2.75) is 51.7 Å². The summed E-state index contributed by atoms with van der Waals surface area (Å²) in [6.07, 6.45) is 2.05. The minimum atomic E-state index is -0.380. The third-order valence-electron chi connectivity index (χ3n) is 3.58. The molecule has 0 spiro atoms. The minimum Gasteiger partial charge on any atom is -0.352 e. The summed E-state index contributed by atoms with van der Waals surface area (Å²) in [5, 5.41) is 3.06. The Hall–Kier alpha value is -0.610. The van der Waals surface area contributed by atoms with Crippen LogP contribution in [0.15, 0.2) is 0 Å². The zero-order valence-electron chi connectivity index (χ0n) is 10.9. The van der Waals surface area contributed by atoms with Gasteiger partial charge < -0.3 is 16.0 Å². The van der Waals surface area contributed by atoms with E-state index in [1.54, 1.807) is 0 Å². The average molecular weight is 227 g/mol. The van der Waals surface area contributed by atoms with Gasteiger partial charge in [-0.2, -0.15) is 0 Å². The highest BCUT2D eigenvalue weighted by atomic mass is 16.2. The fourth-order valence-electron chi connectivity index (χ4n) is 2.02. The summed E-state index contributed by atoms with van der Waals surface area (Å²) in [5.74, 6) is 0.195. The Labute approximate surface area is 98.6 Å². The number of rotatable bonds is 3. The molecule has 1 fully saturated rings. The molecule has 1 rings (SSSR count). The molecule has 1 aliphatic heterocycles. The van der Waals surface area contributed by atoms with E-state index >= 15 is 0 Å². The molecule has 1 amide bonds. The normalized spacial score (nSPS) is 29.1. The molecule has 1 aliphatic rings. The largest absolute Gasteiger partial charge is 0.352 e. The molecule has 4 heteroatoms. The van der Waals surface area contributed by atoms with Crippen molar-refractivity contribution in [3.8, 4) is 0 Å². The first kappa shape index (κ1) is 13.5. The number of piperidine rings is 1. The van der Waals surface area contributed by atoms with Crippen LogP contribution in [0.25, 0.3) is 0 Å². The highest BCUT2D eigenvalue weighted by molar-refractivity contribution is 5.82. The molecule has 0 aromatic heterocycles. The van der Waals surface area contributed by atoms with Crippen molar-refractivity contribution in [1.29, 1.82) is 0 Å². The van der Waals surface area contributed by atoms with Crippen molar-refractivity contribution >= 4 is 5.91 Å². The first-order valence-electron chi connectivity index (χ1n) is 6.18. The van der Waals surface area contributed by atoms with Crippen molar-refractivity contribution in [2.24, 2.45) is 11.7 Å². The quantitative estimate of drug-likeness (QED) is 0.741. The van der Waals surface area contributed by atoms with Crippen molar-refractivity contribution in [3.63, 3.8) is 0 Å². The maximum atomic E-state index is 11.8. The summed E-state index contributed by atoms with van der Waals surface area (Å²) in [4.78, 5) is 14.1. The number of nitrogens with one attached hydrogen (secondary N) is 1. The van der Waals surface area contributed by atoms with Crippen LogP contribution < -0.4 is 11.1 Å². The average Bonchev–Trinajstić information content (AvgIpc) is 2.22. The van der Waals surface area contributed by atoms with Crippen LogP contribution in [0.3, 0.4) is 0 Å². The molecule has 0 aromatic carbocycles. The number of nitrogens with two attached hydrogens (primary N) is 1. The lowest BCUT2D eigenvalue weighted by Crippen LogP contribution is -2.52. The molecule has 3 atom stereocenters. The molecule has 0 bridgehead atoms. The van der Waals surface area contributed by atoms with Gasteiger partial charge in [-0.15, -0.1) is 0 Å². The lowest BCUT2D eigenvalue weighted by atomic mass is 9.97. The molecular formula is C12H25N3O. The maximum Gasteiger partial charge on any atom is 0.237 e. The van der Waals surface area contributed by atoms with E-state index in [0.29, 0.717) is 12.1 Å². The number of hydrogen-bond donors (Lipinski definition) is 2. The van der Waals surface area contributed by atoms with E-state index in [2.05, 4.69) is 24.2 Å². The summed E-state index contributed by atoms with van der Waals surface area (Å²) in [6, 6.07) is 0.452. The Balaban J connectivity index is 2.40. The molecule has 94 valence electrons. The molecule has 0 radical (unpaired) electrons. The minimum absolute atomic E-state index is 0.00301. The summed E-state index contributed by atoms with van der Waals surface area (Å²) < 4.78 is 0. The van der Waals surface area contributed by atoms with Crippen molar-refractivity contribution in [1.82, 2.24) is 10.2 Å². The Bertz CT molecular complexity index is 242. The fraction of sp³-hybridized carbons (Fsp3) is 0.917. The second-order valence-corrected chi connectivity index (χ2v) is 5.33. The zero-order valence-corrected chi connectivity index (χ0v) is 10.9. The third kappa shape index (κ3) is 3.46. The van der Waals surface area contributed by atoms with Gasteiger partial charge in [-0.1, -0.05) is 13.8 Å². The van der Waals surface area contributed by atoms with Gasteiger partial charge in [0.25, 0.3) is 0 Å². The summed E-state index contributed by atoms with van der Waals surface area (Å²) in [7, 11) is 2.13. The van der Waals surface area contributed by atoms with Crippen molar-refractivity contribution in [2.75, 3.05) is 13.6 Å². The second kappa shape index (κ2) is 5.64. The van der Waals surface area contributed by atoms with Crippen molar-refractivity contribution in [3.05, 3.63) is 0 Å². The van der Waals surface area contributed by atoms with Gasteiger partial charge in [0.1, 0.15) is 0 Å². The SMILES string of the molecule is CC(C)C(N)C(=O)NC1CCN(C)C(C)C1. The monoisotopic (exact) mass is 227 g/mol. The van der Waals surface area contributed by atoms with Gasteiger partial charge in [-0.25, -0.2) is 0 Å². The molecule has 0 aromatic rings. The molecular weight excluding hydrogens is 202 g/mol. The second-order valence-electron chi connectivity index (χ2n) is 5.33. The standard InChI is InChI=1S/C12H25N3O/c1-8(2)11(13)12(16)14-10-5-6-15(4)9(3)7-10/h8-11H,5-7,13H2,1-4H3,(H,14,16). The Morgan fingerprint density at radius 2 is 2.12 bits per heavy atom. The smallest absolute Gasteiger partial charge is 0.237 e. The molecule has 3 unspecified atom stereocenters. The van der Waals surface area contributed by atoms with Crippen LogP contribution in [0.4, 0.5) is 0 Å². The van der Waals surface area contributed by atoms with Crippen LogP contribution in [0.2, 0.25) is 0 Å². The predicted octanol–water partition coefficient (Wildman–Crippen LogP) is 0.569. The predicted molar refractivity (Wildman–Crippen MR) is 66.1 cm³/mol. The Morgan fingerprint density at radius 3 is 2.62 bits per heavy atom. The van der Waals surface area contributed by atoms with E-state index in [4.69, 9.17) is 5.73 Å². The van der Waals surface area contributed by atoms with E-state index in [1.807, 2.05) is 13.8 Å². The third-order valence-corrected chi connectivity index (χ3v) is 3.58. The molecule has 3 N–H and O–H groups in total. The van der Waals surface area contributed by atoms with Gasteiger partial charge in [-0.05, 0) is 32.7 Å².